The van der Waals surface area contributed by atoms with Crippen LogP contribution in [0, 0.1) is 0 Å². The summed E-state index contributed by atoms with van der Waals surface area (Å²) in [5, 5.41) is 6.28. The molecule has 11 heteroatoms. The summed E-state index contributed by atoms with van der Waals surface area (Å²) < 4.78 is -0.248. The number of benzene rings is 2. The van der Waals surface area contributed by atoms with Crippen molar-refractivity contribution in [2.45, 2.75) is 15.1 Å². The molecule has 1 aromatic heterocycles. The van der Waals surface area contributed by atoms with E-state index in [2.05, 4.69) is 15.6 Å². The number of carbonyl (C=O) groups excluding carboxylic acids is 2. The maximum Gasteiger partial charge on any atom is 0.234 e. The minimum Gasteiger partial charge on any atom is -0.334 e. The molecule has 1 atom stereocenters. The number of rotatable bonds is 7. The fraction of sp³-hybridized carbons (Fsp3) is 0.167. The second kappa shape index (κ2) is 9.45. The summed E-state index contributed by atoms with van der Waals surface area (Å²) in [7, 11) is 0. The van der Waals surface area contributed by atoms with Gasteiger partial charge in [0.25, 0.3) is 0 Å². The molecule has 1 heterocycles. The molecule has 152 valence electrons. The van der Waals surface area contributed by atoms with Crippen molar-refractivity contribution in [3.8, 4) is 0 Å². The normalized spacial score (nSPS) is 12.6. The monoisotopic (exact) mass is 490 g/mol. The highest BCUT2D eigenvalue weighted by Gasteiger charge is 2.36. The van der Waals surface area contributed by atoms with Crippen molar-refractivity contribution in [3.05, 3.63) is 53.6 Å². The van der Waals surface area contributed by atoms with Crippen LogP contribution in [0.2, 0.25) is 5.02 Å². The summed E-state index contributed by atoms with van der Waals surface area (Å²) in [6.45, 7) is 0. The minimum absolute atomic E-state index is 0.0552. The van der Waals surface area contributed by atoms with E-state index in [0.717, 1.165) is 11.8 Å². The molecule has 0 fully saturated rings. The standard InChI is InChI=1S/C18H14Cl4N4O2S/c19-11-5-7-12(8-6-11)24-15(28)9-29-17-25-13-3-1-2-4-14(13)26(17)16(23-10-27)18(20,21)22/h1-8,10,16H,9H2,(H,23,27)(H,24,28)/t16-/m1/s1. The molecule has 0 aliphatic heterocycles. The van der Waals surface area contributed by atoms with Crippen molar-refractivity contribution in [2.24, 2.45) is 0 Å². The lowest BCUT2D eigenvalue weighted by Crippen LogP contribution is -2.36. The van der Waals surface area contributed by atoms with E-state index in [1.54, 1.807) is 47.0 Å². The Kier molecular flexibility index (Phi) is 7.19. The summed E-state index contributed by atoms with van der Waals surface area (Å²) in [5.74, 6) is -0.190. The number of hydrogen-bond acceptors (Lipinski definition) is 4. The van der Waals surface area contributed by atoms with Crippen LogP contribution in [0.15, 0.2) is 53.7 Å². The number of thioether (sulfide) groups is 1. The molecule has 29 heavy (non-hydrogen) atoms. The van der Waals surface area contributed by atoms with Crippen molar-refractivity contribution in [1.29, 1.82) is 0 Å². The highest BCUT2D eigenvalue weighted by atomic mass is 35.6. The van der Waals surface area contributed by atoms with Gasteiger partial charge in [-0.1, -0.05) is 70.3 Å². The first-order valence-corrected chi connectivity index (χ1v) is 10.7. The number of aromatic nitrogens is 2. The number of amides is 2. The summed E-state index contributed by atoms with van der Waals surface area (Å²) in [4.78, 5) is 28.0. The SMILES string of the molecule is O=CN[C@H](n1c(SCC(=O)Nc2ccc(Cl)cc2)nc2ccccc21)C(Cl)(Cl)Cl. The average Bonchev–Trinajstić information content (AvgIpc) is 3.03. The highest BCUT2D eigenvalue weighted by molar-refractivity contribution is 7.99. The van der Waals surface area contributed by atoms with Gasteiger partial charge in [-0.25, -0.2) is 4.98 Å². The Bertz CT molecular complexity index is 1020. The smallest absolute Gasteiger partial charge is 0.234 e. The zero-order chi connectivity index (χ0) is 21.0. The maximum atomic E-state index is 12.3. The first kappa shape index (κ1) is 22.1. The Morgan fingerprint density at radius 2 is 1.86 bits per heavy atom. The van der Waals surface area contributed by atoms with Gasteiger partial charge in [0, 0.05) is 10.7 Å². The first-order valence-electron chi connectivity index (χ1n) is 8.21. The van der Waals surface area contributed by atoms with E-state index in [1.807, 2.05) is 6.07 Å². The molecular weight excluding hydrogens is 478 g/mol. The van der Waals surface area contributed by atoms with Crippen LogP contribution in [0.3, 0.4) is 0 Å². The second-order valence-electron chi connectivity index (χ2n) is 5.83. The second-order valence-corrected chi connectivity index (χ2v) is 9.57. The number of imidazole rings is 1. The van der Waals surface area contributed by atoms with Crippen molar-refractivity contribution < 1.29 is 9.59 Å². The first-order chi connectivity index (χ1) is 13.8. The van der Waals surface area contributed by atoms with Gasteiger partial charge in [-0.3, -0.25) is 14.2 Å². The fourth-order valence-electron chi connectivity index (χ4n) is 2.61. The minimum atomic E-state index is -1.84. The number of nitrogens with zero attached hydrogens (tertiary/aromatic N) is 2. The number of anilines is 1. The Balaban J connectivity index is 1.85. The molecule has 0 unspecified atom stereocenters. The van der Waals surface area contributed by atoms with Crippen LogP contribution in [0.1, 0.15) is 6.17 Å². The molecule has 0 aliphatic carbocycles. The number of carbonyl (C=O) groups is 2. The summed E-state index contributed by atoms with van der Waals surface area (Å²) >= 11 is 25.3. The van der Waals surface area contributed by atoms with Crippen LogP contribution in [0.4, 0.5) is 5.69 Å². The van der Waals surface area contributed by atoms with E-state index in [9.17, 15) is 9.59 Å². The van der Waals surface area contributed by atoms with Gasteiger partial charge in [-0.15, -0.1) is 0 Å². The van der Waals surface area contributed by atoms with Gasteiger partial charge in [0.1, 0.15) is 0 Å². The number of fused-ring (bicyclic) bond motifs is 1. The largest absolute Gasteiger partial charge is 0.334 e. The molecule has 6 nitrogen and oxygen atoms in total. The lowest BCUT2D eigenvalue weighted by molar-refractivity contribution is -0.114. The van der Waals surface area contributed by atoms with Gasteiger partial charge in [0.05, 0.1) is 16.8 Å². The molecule has 2 N–H and O–H groups in total. The van der Waals surface area contributed by atoms with E-state index in [0.29, 0.717) is 33.3 Å². The molecule has 3 rings (SSSR count). The van der Waals surface area contributed by atoms with Crippen molar-refractivity contribution in [2.75, 3.05) is 11.1 Å². The van der Waals surface area contributed by atoms with Crippen molar-refractivity contribution in [1.82, 2.24) is 14.9 Å². The predicted molar refractivity (Wildman–Crippen MR) is 119 cm³/mol. The summed E-state index contributed by atoms with van der Waals surface area (Å²) in [6.07, 6.45) is -0.567. The maximum absolute atomic E-state index is 12.3. The van der Waals surface area contributed by atoms with Crippen LogP contribution in [0.25, 0.3) is 11.0 Å². The van der Waals surface area contributed by atoms with Crippen molar-refractivity contribution in [3.63, 3.8) is 0 Å². The third kappa shape index (κ3) is 5.49. The van der Waals surface area contributed by atoms with Gasteiger partial charge < -0.3 is 10.6 Å². The van der Waals surface area contributed by atoms with E-state index in [4.69, 9.17) is 46.4 Å². The Hall–Kier alpha value is -1.64. The Labute approximate surface area is 190 Å². The van der Waals surface area contributed by atoms with Crippen LogP contribution in [0.5, 0.6) is 0 Å². The van der Waals surface area contributed by atoms with Gasteiger partial charge >= 0.3 is 0 Å². The lowest BCUT2D eigenvalue weighted by atomic mass is 10.3. The average molecular weight is 492 g/mol. The molecule has 0 saturated carbocycles. The zero-order valence-corrected chi connectivity index (χ0v) is 18.5. The molecule has 0 bridgehead atoms. The molecule has 2 aromatic carbocycles. The molecule has 2 amide bonds. The lowest BCUT2D eigenvalue weighted by Gasteiger charge is -2.27. The summed E-state index contributed by atoms with van der Waals surface area (Å²) in [5.41, 5.74) is 1.91. The molecular formula is C18H14Cl4N4O2S. The van der Waals surface area contributed by atoms with Crippen molar-refractivity contribution >= 4 is 87.2 Å². The number of hydrogen-bond donors (Lipinski definition) is 2. The fourth-order valence-corrected chi connectivity index (χ4v) is 4.06. The van der Waals surface area contributed by atoms with Crippen LogP contribution in [-0.4, -0.2) is 31.4 Å². The third-order valence-electron chi connectivity index (χ3n) is 3.82. The third-order valence-corrected chi connectivity index (χ3v) is 5.64. The van der Waals surface area contributed by atoms with Gasteiger partial charge in [-0.2, -0.15) is 0 Å². The molecule has 0 aliphatic rings. The van der Waals surface area contributed by atoms with Crippen LogP contribution < -0.4 is 10.6 Å². The zero-order valence-electron chi connectivity index (χ0n) is 14.6. The quantitative estimate of drug-likeness (QED) is 0.276. The van der Waals surface area contributed by atoms with Gasteiger partial charge in [0.2, 0.25) is 16.1 Å². The Morgan fingerprint density at radius 1 is 1.17 bits per heavy atom. The molecule has 0 radical (unpaired) electrons. The van der Waals surface area contributed by atoms with E-state index >= 15 is 0 Å². The summed E-state index contributed by atoms with van der Waals surface area (Å²) in [6, 6.07) is 14.0. The number of para-hydroxylation sites is 2. The van der Waals surface area contributed by atoms with Crippen LogP contribution >= 0.6 is 58.2 Å². The number of halogens is 4. The number of nitrogens with one attached hydrogen (secondary N) is 2. The van der Waals surface area contributed by atoms with E-state index in [1.165, 1.54) is 0 Å². The van der Waals surface area contributed by atoms with E-state index < -0.39 is 9.96 Å². The van der Waals surface area contributed by atoms with E-state index in [-0.39, 0.29) is 11.7 Å². The van der Waals surface area contributed by atoms with Gasteiger partial charge in [0.15, 0.2) is 11.3 Å². The molecule has 0 saturated heterocycles. The topological polar surface area (TPSA) is 76.0 Å². The molecule has 0 spiro atoms. The highest BCUT2D eigenvalue weighted by Crippen LogP contribution is 2.40. The van der Waals surface area contributed by atoms with Gasteiger partial charge in [-0.05, 0) is 36.4 Å². The Morgan fingerprint density at radius 3 is 2.52 bits per heavy atom. The van der Waals surface area contributed by atoms with Crippen LogP contribution in [-0.2, 0) is 9.59 Å². The predicted octanol–water partition coefficient (Wildman–Crippen LogP) is 5.04. The molecule has 3 aromatic rings. The number of alkyl halides is 3.